The largest absolute Gasteiger partial charge is 0.497 e. The van der Waals surface area contributed by atoms with Gasteiger partial charge in [-0.15, -0.1) is 11.3 Å². The predicted molar refractivity (Wildman–Crippen MR) is 97.7 cm³/mol. The van der Waals surface area contributed by atoms with Crippen molar-refractivity contribution in [2.75, 3.05) is 26.7 Å². The Morgan fingerprint density at radius 2 is 1.87 bits per heavy atom. The van der Waals surface area contributed by atoms with Crippen molar-refractivity contribution in [3.8, 4) is 5.75 Å². The summed E-state index contributed by atoms with van der Waals surface area (Å²) in [4.78, 5) is 8.31. The zero-order chi connectivity index (χ0) is 16.7. The highest BCUT2D eigenvalue weighted by Gasteiger charge is 2.04. The van der Waals surface area contributed by atoms with Crippen molar-refractivity contribution < 1.29 is 4.74 Å². The molecule has 0 radical (unpaired) electrons. The van der Waals surface area contributed by atoms with Gasteiger partial charge in [0.2, 0.25) is 0 Å². The SMILES string of the molecule is CCN(CC)CCCn1c(C)csc1=Nc1ccc(OC)cc1. The van der Waals surface area contributed by atoms with Crippen molar-refractivity contribution in [2.45, 2.75) is 33.7 Å². The summed E-state index contributed by atoms with van der Waals surface area (Å²) in [6.45, 7) is 11.0. The van der Waals surface area contributed by atoms with Gasteiger partial charge >= 0.3 is 0 Å². The lowest BCUT2D eigenvalue weighted by Crippen LogP contribution is -2.26. The van der Waals surface area contributed by atoms with Crippen molar-refractivity contribution in [1.29, 1.82) is 0 Å². The van der Waals surface area contributed by atoms with E-state index >= 15 is 0 Å². The number of nitrogens with zero attached hydrogens (tertiary/aromatic N) is 3. The fourth-order valence-corrected chi connectivity index (χ4v) is 3.46. The smallest absolute Gasteiger partial charge is 0.190 e. The molecule has 0 fully saturated rings. The van der Waals surface area contributed by atoms with Crippen molar-refractivity contribution >= 4 is 17.0 Å². The van der Waals surface area contributed by atoms with Crippen LogP contribution in [0.2, 0.25) is 0 Å². The molecule has 0 saturated carbocycles. The van der Waals surface area contributed by atoms with Gasteiger partial charge in [-0.2, -0.15) is 0 Å². The molecule has 23 heavy (non-hydrogen) atoms. The van der Waals surface area contributed by atoms with Crippen LogP contribution in [0.4, 0.5) is 5.69 Å². The van der Waals surface area contributed by atoms with Crippen molar-refractivity contribution in [1.82, 2.24) is 9.47 Å². The molecular formula is C18H27N3OS. The van der Waals surface area contributed by atoms with Crippen LogP contribution in [0.15, 0.2) is 34.6 Å². The lowest BCUT2D eigenvalue weighted by molar-refractivity contribution is 0.292. The predicted octanol–water partition coefficient (Wildman–Crippen LogP) is 3.83. The van der Waals surface area contributed by atoms with Crippen molar-refractivity contribution in [3.63, 3.8) is 0 Å². The molecule has 2 rings (SSSR count). The van der Waals surface area contributed by atoms with Gasteiger partial charge in [0.15, 0.2) is 4.80 Å². The van der Waals surface area contributed by atoms with E-state index in [-0.39, 0.29) is 0 Å². The van der Waals surface area contributed by atoms with Gasteiger partial charge in [-0.3, -0.25) is 0 Å². The molecule has 0 amide bonds. The molecule has 1 heterocycles. The molecular weight excluding hydrogens is 306 g/mol. The first-order valence-electron chi connectivity index (χ1n) is 8.24. The Bertz CT molecular complexity index is 654. The molecule has 0 aliphatic carbocycles. The van der Waals surface area contributed by atoms with E-state index < -0.39 is 0 Å². The molecule has 1 aromatic heterocycles. The number of ether oxygens (including phenoxy) is 1. The van der Waals surface area contributed by atoms with Gasteiger partial charge in [0.05, 0.1) is 12.8 Å². The zero-order valence-corrected chi connectivity index (χ0v) is 15.4. The fraction of sp³-hybridized carbons (Fsp3) is 0.500. The van der Waals surface area contributed by atoms with Crippen LogP contribution >= 0.6 is 11.3 Å². The number of aryl methyl sites for hydroxylation is 1. The van der Waals surface area contributed by atoms with E-state index in [2.05, 4.69) is 35.6 Å². The van der Waals surface area contributed by atoms with Crippen LogP contribution in [0.3, 0.4) is 0 Å². The molecule has 0 atom stereocenters. The maximum absolute atomic E-state index is 5.20. The minimum Gasteiger partial charge on any atom is -0.497 e. The van der Waals surface area contributed by atoms with Gasteiger partial charge in [0.25, 0.3) is 0 Å². The maximum atomic E-state index is 5.20. The summed E-state index contributed by atoms with van der Waals surface area (Å²) in [6.07, 6.45) is 1.15. The molecule has 4 nitrogen and oxygen atoms in total. The Hall–Kier alpha value is -1.59. The number of hydrogen-bond donors (Lipinski definition) is 0. The quantitative estimate of drug-likeness (QED) is 0.735. The number of rotatable bonds is 8. The topological polar surface area (TPSA) is 29.8 Å². The summed E-state index contributed by atoms with van der Waals surface area (Å²) in [5, 5.41) is 2.18. The Morgan fingerprint density at radius 3 is 2.48 bits per heavy atom. The zero-order valence-electron chi connectivity index (χ0n) is 14.6. The van der Waals surface area contributed by atoms with E-state index in [0.717, 1.165) is 48.8 Å². The molecule has 0 aliphatic rings. The summed E-state index contributed by atoms with van der Waals surface area (Å²) >= 11 is 1.70. The lowest BCUT2D eigenvalue weighted by Gasteiger charge is -2.18. The second-order valence-corrected chi connectivity index (χ2v) is 6.34. The van der Waals surface area contributed by atoms with Crippen molar-refractivity contribution in [3.05, 3.63) is 40.1 Å². The average molecular weight is 334 g/mol. The first kappa shape index (κ1) is 17.8. The van der Waals surface area contributed by atoms with Gasteiger partial charge in [0, 0.05) is 17.6 Å². The molecule has 0 saturated heterocycles. The average Bonchev–Trinajstić information content (AvgIpc) is 2.92. The highest BCUT2D eigenvalue weighted by atomic mass is 32.1. The van der Waals surface area contributed by atoms with Crippen LogP contribution in [0.25, 0.3) is 0 Å². The van der Waals surface area contributed by atoms with E-state index in [4.69, 9.17) is 9.73 Å². The summed E-state index contributed by atoms with van der Waals surface area (Å²) in [5.74, 6) is 0.860. The van der Waals surface area contributed by atoms with Gasteiger partial charge in [-0.25, -0.2) is 4.99 Å². The molecule has 1 aromatic carbocycles. The Balaban J connectivity index is 2.12. The number of benzene rings is 1. The van der Waals surface area contributed by atoms with Crippen LogP contribution in [-0.4, -0.2) is 36.2 Å². The van der Waals surface area contributed by atoms with E-state index in [1.54, 1.807) is 18.4 Å². The molecule has 0 unspecified atom stereocenters. The standard InChI is InChI=1S/C18H27N3OS/c1-5-20(6-2)12-7-13-21-15(3)14-23-18(21)19-16-8-10-17(22-4)11-9-16/h8-11,14H,5-7,12-13H2,1-4H3. The van der Waals surface area contributed by atoms with Gasteiger partial charge in [-0.05, 0) is 57.2 Å². The summed E-state index contributed by atoms with van der Waals surface area (Å²) in [7, 11) is 1.68. The van der Waals surface area contributed by atoms with Crippen LogP contribution < -0.4 is 9.54 Å². The van der Waals surface area contributed by atoms with Crippen LogP contribution in [0, 0.1) is 6.92 Å². The molecule has 126 valence electrons. The molecule has 0 bridgehead atoms. The third kappa shape index (κ3) is 4.94. The summed E-state index contributed by atoms with van der Waals surface area (Å²) < 4.78 is 7.51. The fourth-order valence-electron chi connectivity index (χ4n) is 2.53. The Kier molecular flexibility index (Phi) is 6.86. The maximum Gasteiger partial charge on any atom is 0.190 e. The number of thiazole rings is 1. The van der Waals surface area contributed by atoms with E-state index in [9.17, 15) is 0 Å². The van der Waals surface area contributed by atoms with Gasteiger partial charge in [0.1, 0.15) is 5.75 Å². The molecule has 2 aromatic rings. The monoisotopic (exact) mass is 333 g/mol. The normalized spacial score (nSPS) is 12.1. The number of aromatic nitrogens is 1. The lowest BCUT2D eigenvalue weighted by atomic mass is 10.3. The Labute approximate surface area is 143 Å². The molecule has 0 spiro atoms. The van der Waals surface area contributed by atoms with Crippen LogP contribution in [0.5, 0.6) is 5.75 Å². The van der Waals surface area contributed by atoms with E-state index in [0.29, 0.717) is 0 Å². The van der Waals surface area contributed by atoms with Crippen LogP contribution in [0.1, 0.15) is 26.0 Å². The van der Waals surface area contributed by atoms with Crippen molar-refractivity contribution in [2.24, 2.45) is 4.99 Å². The number of methoxy groups -OCH3 is 1. The first-order chi connectivity index (χ1) is 11.2. The van der Waals surface area contributed by atoms with E-state index in [1.807, 2.05) is 24.3 Å². The first-order valence-corrected chi connectivity index (χ1v) is 9.12. The minimum atomic E-state index is 0.860. The summed E-state index contributed by atoms with van der Waals surface area (Å²) in [6, 6.07) is 7.89. The molecule has 0 N–H and O–H groups in total. The van der Waals surface area contributed by atoms with Gasteiger partial charge in [-0.1, -0.05) is 13.8 Å². The molecule has 5 heteroatoms. The van der Waals surface area contributed by atoms with Crippen LogP contribution in [-0.2, 0) is 6.54 Å². The minimum absolute atomic E-state index is 0.860. The Morgan fingerprint density at radius 1 is 1.17 bits per heavy atom. The number of hydrogen-bond acceptors (Lipinski definition) is 4. The third-order valence-electron chi connectivity index (χ3n) is 4.04. The second-order valence-electron chi connectivity index (χ2n) is 5.50. The highest BCUT2D eigenvalue weighted by Crippen LogP contribution is 2.17. The van der Waals surface area contributed by atoms with E-state index in [1.165, 1.54) is 5.69 Å². The second kappa shape index (κ2) is 8.89. The third-order valence-corrected chi connectivity index (χ3v) is 5.02. The molecule has 0 aliphatic heterocycles. The van der Waals surface area contributed by atoms with Gasteiger partial charge < -0.3 is 14.2 Å². The summed E-state index contributed by atoms with van der Waals surface area (Å²) in [5.41, 5.74) is 2.24. The highest BCUT2D eigenvalue weighted by molar-refractivity contribution is 7.07.